The summed E-state index contributed by atoms with van der Waals surface area (Å²) in [5.74, 6) is 1.20. The van der Waals surface area contributed by atoms with E-state index in [1.54, 1.807) is 18.2 Å². The van der Waals surface area contributed by atoms with Gasteiger partial charge in [0.05, 0.1) is 17.1 Å². The van der Waals surface area contributed by atoms with Crippen molar-refractivity contribution < 1.29 is 20.1 Å². The Labute approximate surface area is 200 Å². The summed E-state index contributed by atoms with van der Waals surface area (Å²) in [6.45, 7) is 9.47. The van der Waals surface area contributed by atoms with E-state index in [0.29, 0.717) is 28.6 Å². The summed E-state index contributed by atoms with van der Waals surface area (Å²) in [4.78, 5) is 1.86. The van der Waals surface area contributed by atoms with Crippen LogP contribution in [0.1, 0.15) is 27.8 Å². The van der Waals surface area contributed by atoms with Gasteiger partial charge in [-0.1, -0.05) is 36.4 Å². The molecule has 0 fully saturated rings. The quantitative estimate of drug-likeness (QED) is 0.289. The maximum absolute atomic E-state index is 11.1. The molecule has 0 heterocycles. The minimum atomic E-state index is 0.0483. The SMILES string of the molecule is Cc1ccc(O)c(Oc2cccc(N(c3c(C)ccc(C)c3O)c3c(C)ccc(C)c3O)c2)c1. The third-order valence-corrected chi connectivity index (χ3v) is 5.98. The number of phenols is 3. The molecule has 4 aromatic carbocycles. The molecule has 4 aromatic rings. The van der Waals surface area contributed by atoms with E-state index in [4.69, 9.17) is 4.74 Å². The van der Waals surface area contributed by atoms with Gasteiger partial charge in [-0.15, -0.1) is 0 Å². The van der Waals surface area contributed by atoms with Crippen LogP contribution in [0.4, 0.5) is 17.1 Å². The van der Waals surface area contributed by atoms with E-state index in [0.717, 1.165) is 27.8 Å². The second kappa shape index (κ2) is 9.02. The van der Waals surface area contributed by atoms with Gasteiger partial charge in [-0.3, -0.25) is 0 Å². The highest BCUT2D eigenvalue weighted by atomic mass is 16.5. The molecule has 5 heteroatoms. The Morgan fingerprint density at radius 2 is 1.18 bits per heavy atom. The van der Waals surface area contributed by atoms with Crippen molar-refractivity contribution in [3.8, 4) is 28.7 Å². The number of rotatable bonds is 5. The zero-order valence-corrected chi connectivity index (χ0v) is 20.0. The van der Waals surface area contributed by atoms with Crippen LogP contribution < -0.4 is 9.64 Å². The summed E-state index contributed by atoms with van der Waals surface area (Å²) in [5, 5.41) is 32.4. The highest BCUT2D eigenvalue weighted by molar-refractivity contribution is 5.87. The van der Waals surface area contributed by atoms with Gasteiger partial charge in [-0.2, -0.15) is 0 Å². The lowest BCUT2D eigenvalue weighted by atomic mass is 10.0. The van der Waals surface area contributed by atoms with Crippen molar-refractivity contribution in [3.05, 3.63) is 94.5 Å². The number of aromatic hydroxyl groups is 3. The van der Waals surface area contributed by atoms with E-state index in [1.165, 1.54) is 0 Å². The average Bonchev–Trinajstić information content (AvgIpc) is 2.80. The molecule has 0 aliphatic rings. The van der Waals surface area contributed by atoms with Crippen LogP contribution in [0.25, 0.3) is 0 Å². The zero-order chi connectivity index (χ0) is 24.6. The third kappa shape index (κ3) is 4.25. The minimum absolute atomic E-state index is 0.0483. The van der Waals surface area contributed by atoms with Crippen LogP contribution in [0.5, 0.6) is 28.7 Å². The Bertz CT molecular complexity index is 1320. The second-order valence-corrected chi connectivity index (χ2v) is 8.70. The first-order valence-corrected chi connectivity index (χ1v) is 11.1. The lowest BCUT2D eigenvalue weighted by Crippen LogP contribution is -2.14. The van der Waals surface area contributed by atoms with Gasteiger partial charge in [-0.25, -0.2) is 0 Å². The van der Waals surface area contributed by atoms with E-state index in [-0.39, 0.29) is 17.2 Å². The maximum Gasteiger partial charge on any atom is 0.169 e. The largest absolute Gasteiger partial charge is 0.505 e. The van der Waals surface area contributed by atoms with E-state index in [2.05, 4.69) is 0 Å². The number of benzene rings is 4. The van der Waals surface area contributed by atoms with E-state index >= 15 is 0 Å². The van der Waals surface area contributed by atoms with Crippen molar-refractivity contribution in [1.82, 2.24) is 0 Å². The van der Waals surface area contributed by atoms with Crippen molar-refractivity contribution in [3.63, 3.8) is 0 Å². The molecule has 0 amide bonds. The molecule has 0 bridgehead atoms. The lowest BCUT2D eigenvalue weighted by molar-refractivity contribution is 0.411. The molecular weight excluding hydrogens is 426 g/mol. The molecule has 0 aromatic heterocycles. The molecule has 4 rings (SSSR count). The average molecular weight is 456 g/mol. The first-order valence-electron chi connectivity index (χ1n) is 11.1. The fraction of sp³-hybridized carbons (Fsp3) is 0.172. The monoisotopic (exact) mass is 455 g/mol. The third-order valence-electron chi connectivity index (χ3n) is 5.98. The summed E-state index contributed by atoms with van der Waals surface area (Å²) >= 11 is 0. The molecule has 3 N–H and O–H groups in total. The molecule has 0 saturated carbocycles. The zero-order valence-electron chi connectivity index (χ0n) is 20.0. The van der Waals surface area contributed by atoms with Crippen LogP contribution in [0.2, 0.25) is 0 Å². The van der Waals surface area contributed by atoms with Gasteiger partial charge in [0.2, 0.25) is 0 Å². The standard InChI is InChI=1S/C29H29NO4/c1-17-9-14-24(31)25(15-17)34-23-8-6-7-22(16-23)30(26-18(2)10-12-20(4)28(26)32)27-19(3)11-13-21(5)29(27)33/h6-16,31-33H,1-5H3. The van der Waals surface area contributed by atoms with Crippen molar-refractivity contribution in [2.75, 3.05) is 4.90 Å². The first kappa shape index (κ1) is 23.1. The molecule has 0 aliphatic carbocycles. The van der Waals surface area contributed by atoms with Gasteiger partial charge in [0.1, 0.15) is 17.2 Å². The number of phenolic OH excluding ortho intramolecular Hbond substituents is 3. The predicted molar refractivity (Wildman–Crippen MR) is 136 cm³/mol. The Kier molecular flexibility index (Phi) is 6.12. The van der Waals surface area contributed by atoms with Gasteiger partial charge in [-0.05, 0) is 86.7 Å². The highest BCUT2D eigenvalue weighted by Gasteiger charge is 2.25. The summed E-state index contributed by atoms with van der Waals surface area (Å²) in [5.41, 5.74) is 5.99. The summed E-state index contributed by atoms with van der Waals surface area (Å²) < 4.78 is 6.02. The number of ether oxygens (including phenoxy) is 1. The van der Waals surface area contributed by atoms with E-state index in [9.17, 15) is 15.3 Å². The maximum atomic E-state index is 11.1. The lowest BCUT2D eigenvalue weighted by Gasteiger charge is -2.30. The molecule has 0 saturated heterocycles. The smallest absolute Gasteiger partial charge is 0.169 e. The number of aryl methyl sites for hydroxylation is 5. The summed E-state index contributed by atoms with van der Waals surface area (Å²) in [6, 6.07) is 20.2. The van der Waals surface area contributed by atoms with Crippen molar-refractivity contribution in [1.29, 1.82) is 0 Å². The molecule has 174 valence electrons. The van der Waals surface area contributed by atoms with E-state index in [1.807, 2.05) is 88.0 Å². The minimum Gasteiger partial charge on any atom is -0.505 e. The van der Waals surface area contributed by atoms with Crippen molar-refractivity contribution >= 4 is 17.1 Å². The Balaban J connectivity index is 1.93. The highest BCUT2D eigenvalue weighted by Crippen LogP contribution is 2.49. The number of hydrogen-bond donors (Lipinski definition) is 3. The van der Waals surface area contributed by atoms with Crippen LogP contribution in [-0.2, 0) is 0 Å². The molecule has 0 atom stereocenters. The second-order valence-electron chi connectivity index (χ2n) is 8.70. The normalized spacial score (nSPS) is 10.9. The molecule has 0 unspecified atom stereocenters. The molecule has 0 aliphatic heterocycles. The van der Waals surface area contributed by atoms with Crippen LogP contribution in [0.15, 0.2) is 66.7 Å². The van der Waals surface area contributed by atoms with E-state index < -0.39 is 0 Å². The Hall–Kier alpha value is -4.12. The van der Waals surface area contributed by atoms with Gasteiger partial charge < -0.3 is 25.0 Å². The molecule has 0 radical (unpaired) electrons. The molecule has 5 nitrogen and oxygen atoms in total. The van der Waals surface area contributed by atoms with Gasteiger partial charge in [0, 0.05) is 6.07 Å². The number of hydrogen-bond acceptors (Lipinski definition) is 5. The number of anilines is 3. The summed E-state index contributed by atoms with van der Waals surface area (Å²) in [6.07, 6.45) is 0. The van der Waals surface area contributed by atoms with Crippen LogP contribution >= 0.6 is 0 Å². The Morgan fingerprint density at radius 1 is 0.618 bits per heavy atom. The van der Waals surface area contributed by atoms with Gasteiger partial charge in [0.15, 0.2) is 11.5 Å². The van der Waals surface area contributed by atoms with Crippen molar-refractivity contribution in [2.45, 2.75) is 34.6 Å². The van der Waals surface area contributed by atoms with Gasteiger partial charge in [0.25, 0.3) is 0 Å². The molecule has 0 spiro atoms. The summed E-state index contributed by atoms with van der Waals surface area (Å²) in [7, 11) is 0. The van der Waals surface area contributed by atoms with Gasteiger partial charge >= 0.3 is 0 Å². The number of nitrogens with zero attached hydrogens (tertiary/aromatic N) is 1. The fourth-order valence-corrected chi connectivity index (χ4v) is 4.01. The Morgan fingerprint density at radius 3 is 1.76 bits per heavy atom. The topological polar surface area (TPSA) is 73.2 Å². The first-order chi connectivity index (χ1) is 16.2. The van der Waals surface area contributed by atoms with Crippen molar-refractivity contribution in [2.24, 2.45) is 0 Å². The fourth-order valence-electron chi connectivity index (χ4n) is 4.01. The molecular formula is C29H29NO4. The van der Waals surface area contributed by atoms with Crippen LogP contribution in [0, 0.1) is 34.6 Å². The van der Waals surface area contributed by atoms with Crippen LogP contribution in [-0.4, -0.2) is 15.3 Å². The predicted octanol–water partition coefficient (Wildman–Crippen LogP) is 7.61. The van der Waals surface area contributed by atoms with Crippen LogP contribution in [0.3, 0.4) is 0 Å². The molecule has 34 heavy (non-hydrogen) atoms.